The molecule has 0 aliphatic heterocycles. The van der Waals surface area contributed by atoms with E-state index in [9.17, 15) is 9.59 Å². The van der Waals surface area contributed by atoms with Crippen molar-refractivity contribution in [1.82, 2.24) is 9.55 Å². The Morgan fingerprint density at radius 2 is 1.71 bits per heavy atom. The monoisotopic (exact) mass is 644 g/mol. The van der Waals surface area contributed by atoms with Crippen LogP contribution in [0, 0.1) is 3.57 Å². The predicted molar refractivity (Wildman–Crippen MR) is 149 cm³/mol. The first-order valence-electron chi connectivity index (χ1n) is 10.7. The lowest BCUT2D eigenvalue weighted by atomic mass is 9.99. The van der Waals surface area contributed by atoms with Crippen molar-refractivity contribution < 1.29 is 9.53 Å². The molecule has 0 aliphatic carbocycles. The van der Waals surface area contributed by atoms with Gasteiger partial charge in [-0.3, -0.25) is 14.2 Å². The molecular weight excluding hydrogens is 623 g/mol. The van der Waals surface area contributed by atoms with Crippen molar-refractivity contribution in [2.75, 3.05) is 17.7 Å². The first-order valence-corrected chi connectivity index (χ1v) is 12.5. The summed E-state index contributed by atoms with van der Waals surface area (Å²) in [5.41, 5.74) is 1.98. The van der Waals surface area contributed by atoms with Crippen LogP contribution in [0.25, 0.3) is 0 Å². The van der Waals surface area contributed by atoms with Gasteiger partial charge in [0.25, 0.3) is 11.5 Å². The summed E-state index contributed by atoms with van der Waals surface area (Å²) in [4.78, 5) is 30.9. The Labute approximate surface area is 224 Å². The van der Waals surface area contributed by atoms with Crippen LogP contribution in [-0.4, -0.2) is 22.6 Å². The molecule has 7 nitrogen and oxygen atoms in total. The fraction of sp³-hybridized carbons (Fsp3) is 0.115. The van der Waals surface area contributed by atoms with E-state index >= 15 is 0 Å². The van der Waals surface area contributed by atoms with E-state index in [1.165, 1.54) is 11.7 Å². The van der Waals surface area contributed by atoms with Crippen LogP contribution in [0.2, 0.25) is 0 Å². The van der Waals surface area contributed by atoms with Crippen LogP contribution in [0.3, 0.4) is 0 Å². The second-order valence-corrected chi connectivity index (χ2v) is 9.74. The highest BCUT2D eigenvalue weighted by molar-refractivity contribution is 14.1. The number of para-hydroxylation sites is 1. The Morgan fingerprint density at radius 1 is 1.03 bits per heavy atom. The first-order chi connectivity index (χ1) is 16.9. The maximum Gasteiger partial charge on any atom is 0.297 e. The third kappa shape index (κ3) is 5.57. The summed E-state index contributed by atoms with van der Waals surface area (Å²) in [7, 11) is 2.94. The zero-order chi connectivity index (χ0) is 24.9. The lowest BCUT2D eigenvalue weighted by molar-refractivity contribution is 0.101. The largest absolute Gasteiger partial charge is 0.489 e. The van der Waals surface area contributed by atoms with Crippen LogP contribution in [0.1, 0.15) is 27.7 Å². The maximum absolute atomic E-state index is 13.2. The molecule has 9 heteroatoms. The molecule has 0 saturated carbocycles. The summed E-state index contributed by atoms with van der Waals surface area (Å²) in [5, 5.41) is 6.19. The van der Waals surface area contributed by atoms with Gasteiger partial charge in [0.1, 0.15) is 0 Å². The molecule has 0 bridgehead atoms. The Kier molecular flexibility index (Phi) is 7.86. The highest BCUT2D eigenvalue weighted by Crippen LogP contribution is 2.28. The van der Waals surface area contributed by atoms with Crippen molar-refractivity contribution in [3.05, 3.63) is 114 Å². The van der Waals surface area contributed by atoms with Gasteiger partial charge >= 0.3 is 0 Å². The second-order valence-electron chi connectivity index (χ2n) is 7.66. The molecule has 1 heterocycles. The van der Waals surface area contributed by atoms with Crippen LogP contribution < -0.4 is 20.9 Å². The van der Waals surface area contributed by atoms with Crippen LogP contribution in [0.5, 0.6) is 5.75 Å². The Morgan fingerprint density at radius 3 is 2.40 bits per heavy atom. The molecule has 1 amide bonds. The Bertz CT molecular complexity index is 1430. The summed E-state index contributed by atoms with van der Waals surface area (Å²) in [6.07, 6.45) is 0. The SMILES string of the molecule is COc1c(C(=O)Nc2ccccc2I)nc(NC(c2ccccc2)c2cccc(Br)c2)n(C)c1=O. The fourth-order valence-corrected chi connectivity index (χ4v) is 4.55. The number of anilines is 2. The average Bonchev–Trinajstić information content (AvgIpc) is 2.86. The molecule has 4 rings (SSSR count). The molecule has 1 unspecified atom stereocenters. The maximum atomic E-state index is 13.2. The summed E-state index contributed by atoms with van der Waals surface area (Å²) in [5.74, 6) is -0.428. The normalized spacial score (nSPS) is 11.5. The van der Waals surface area contributed by atoms with Gasteiger partial charge < -0.3 is 15.4 Å². The van der Waals surface area contributed by atoms with Crippen LogP contribution in [0.15, 0.2) is 88.1 Å². The molecule has 0 spiro atoms. The molecule has 2 N–H and O–H groups in total. The molecule has 0 aliphatic rings. The summed E-state index contributed by atoms with van der Waals surface area (Å²) in [6.45, 7) is 0. The number of benzene rings is 3. The predicted octanol–water partition coefficient (Wildman–Crippen LogP) is 5.61. The Hall–Kier alpha value is -3.18. The number of hydrogen-bond donors (Lipinski definition) is 2. The molecule has 3 aromatic carbocycles. The number of carbonyl (C=O) groups excluding carboxylic acids is 1. The summed E-state index contributed by atoms with van der Waals surface area (Å²) >= 11 is 5.67. The topological polar surface area (TPSA) is 85.2 Å². The molecule has 1 atom stereocenters. The van der Waals surface area contributed by atoms with E-state index in [1.807, 2.05) is 72.8 Å². The lowest BCUT2D eigenvalue weighted by Crippen LogP contribution is -2.29. The third-order valence-electron chi connectivity index (χ3n) is 5.38. The average molecular weight is 645 g/mol. The number of halogens is 2. The lowest BCUT2D eigenvalue weighted by Gasteiger charge is -2.23. The van der Waals surface area contributed by atoms with Gasteiger partial charge in [-0.2, -0.15) is 0 Å². The quantitative estimate of drug-likeness (QED) is 0.256. The third-order valence-corrected chi connectivity index (χ3v) is 6.81. The minimum Gasteiger partial charge on any atom is -0.489 e. The minimum absolute atomic E-state index is 0.0983. The van der Waals surface area contributed by atoms with Crippen molar-refractivity contribution in [2.45, 2.75) is 6.04 Å². The number of aromatic nitrogens is 2. The van der Waals surface area contributed by atoms with E-state index in [0.29, 0.717) is 5.69 Å². The van der Waals surface area contributed by atoms with Gasteiger partial charge in [-0.05, 0) is 58.0 Å². The smallest absolute Gasteiger partial charge is 0.297 e. The van der Waals surface area contributed by atoms with E-state index in [2.05, 4.69) is 54.1 Å². The van der Waals surface area contributed by atoms with Gasteiger partial charge in [-0.25, -0.2) is 4.98 Å². The van der Waals surface area contributed by atoms with E-state index in [1.54, 1.807) is 13.1 Å². The van der Waals surface area contributed by atoms with Gasteiger partial charge in [0, 0.05) is 15.1 Å². The number of nitrogens with one attached hydrogen (secondary N) is 2. The number of rotatable bonds is 7. The highest BCUT2D eigenvalue weighted by Gasteiger charge is 2.24. The first kappa shape index (κ1) is 24.9. The zero-order valence-electron chi connectivity index (χ0n) is 19.0. The van der Waals surface area contributed by atoms with Gasteiger partial charge in [-0.15, -0.1) is 0 Å². The molecule has 0 radical (unpaired) electrons. The molecule has 4 aromatic rings. The van der Waals surface area contributed by atoms with Crippen LogP contribution in [-0.2, 0) is 7.05 Å². The number of ether oxygens (including phenoxy) is 1. The molecule has 178 valence electrons. The standard InChI is InChI=1S/C26H22BrIN4O3/c1-32-25(34)23(35-2)22(24(33)29-20-14-7-6-13-19(20)28)31-26(32)30-21(16-9-4-3-5-10-16)17-11-8-12-18(27)15-17/h3-15,21H,1-2H3,(H,29,33)(H,30,31). The van der Waals surface area contributed by atoms with Crippen molar-refractivity contribution in [1.29, 1.82) is 0 Å². The highest BCUT2D eigenvalue weighted by atomic mass is 127. The van der Waals surface area contributed by atoms with E-state index in [-0.39, 0.29) is 23.4 Å². The fourth-order valence-electron chi connectivity index (χ4n) is 3.61. The number of nitrogens with zero attached hydrogens (tertiary/aromatic N) is 2. The summed E-state index contributed by atoms with van der Waals surface area (Å²) in [6, 6.07) is 24.7. The van der Waals surface area contributed by atoms with Crippen LogP contribution >= 0.6 is 38.5 Å². The van der Waals surface area contributed by atoms with E-state index in [0.717, 1.165) is 19.2 Å². The molecule has 0 fully saturated rings. The van der Waals surface area contributed by atoms with Crippen LogP contribution in [0.4, 0.5) is 11.6 Å². The molecule has 0 saturated heterocycles. The Balaban J connectivity index is 1.78. The zero-order valence-corrected chi connectivity index (χ0v) is 22.7. The number of carbonyl (C=O) groups is 1. The van der Waals surface area contributed by atoms with E-state index < -0.39 is 11.5 Å². The number of hydrogen-bond acceptors (Lipinski definition) is 5. The minimum atomic E-state index is -0.537. The van der Waals surface area contributed by atoms with Crippen molar-refractivity contribution >= 4 is 56.1 Å². The molecule has 35 heavy (non-hydrogen) atoms. The van der Waals surface area contributed by atoms with Gasteiger partial charge in [-0.1, -0.05) is 70.5 Å². The van der Waals surface area contributed by atoms with Gasteiger partial charge in [0.2, 0.25) is 11.7 Å². The van der Waals surface area contributed by atoms with Crippen molar-refractivity contribution in [3.63, 3.8) is 0 Å². The number of methoxy groups -OCH3 is 1. The summed E-state index contributed by atoms with van der Waals surface area (Å²) < 4.78 is 8.42. The molecular formula is C26H22BrIN4O3. The van der Waals surface area contributed by atoms with Crippen molar-refractivity contribution in [3.8, 4) is 5.75 Å². The number of amides is 1. The van der Waals surface area contributed by atoms with Gasteiger partial charge in [0.15, 0.2) is 5.69 Å². The van der Waals surface area contributed by atoms with Crippen molar-refractivity contribution in [2.24, 2.45) is 7.05 Å². The van der Waals surface area contributed by atoms with Gasteiger partial charge in [0.05, 0.1) is 18.8 Å². The van der Waals surface area contributed by atoms with E-state index in [4.69, 9.17) is 4.74 Å². The molecule has 1 aromatic heterocycles. The second kappa shape index (κ2) is 11.0.